The maximum Gasteiger partial charge on any atom is 0.137 e. The summed E-state index contributed by atoms with van der Waals surface area (Å²) in [4.78, 5) is 4.29. The molecule has 1 heterocycles. The number of pyridine rings is 1. The van der Waals surface area contributed by atoms with Gasteiger partial charge in [-0.05, 0) is 25.5 Å². The standard InChI is InChI=1S/C10H15NO/c1-4-7(2)10-9(12)6-5-8(3)11-10/h5-7,12H,4H2,1-3H3. The molecule has 1 rings (SSSR count). The van der Waals surface area contributed by atoms with Gasteiger partial charge >= 0.3 is 0 Å². The van der Waals surface area contributed by atoms with Crippen LogP contribution < -0.4 is 0 Å². The molecule has 1 atom stereocenters. The van der Waals surface area contributed by atoms with Gasteiger partial charge in [0.2, 0.25) is 0 Å². The molecule has 2 nitrogen and oxygen atoms in total. The zero-order valence-corrected chi connectivity index (χ0v) is 7.83. The summed E-state index contributed by atoms with van der Waals surface area (Å²) in [5.74, 6) is 0.653. The lowest BCUT2D eigenvalue weighted by molar-refractivity contribution is 0.456. The lowest BCUT2D eigenvalue weighted by Gasteiger charge is -2.10. The van der Waals surface area contributed by atoms with Crippen molar-refractivity contribution < 1.29 is 5.11 Å². The highest BCUT2D eigenvalue weighted by atomic mass is 16.3. The molecule has 0 amide bonds. The molecule has 1 aromatic heterocycles. The molecule has 2 heteroatoms. The van der Waals surface area contributed by atoms with Gasteiger partial charge in [0.25, 0.3) is 0 Å². The van der Waals surface area contributed by atoms with Gasteiger partial charge in [0.05, 0.1) is 5.69 Å². The van der Waals surface area contributed by atoms with E-state index in [9.17, 15) is 5.11 Å². The third-order valence-corrected chi connectivity index (χ3v) is 2.12. The van der Waals surface area contributed by atoms with Crippen LogP contribution in [-0.2, 0) is 0 Å². The van der Waals surface area contributed by atoms with E-state index in [2.05, 4.69) is 18.8 Å². The maximum atomic E-state index is 9.47. The zero-order chi connectivity index (χ0) is 9.14. The molecule has 0 saturated heterocycles. The van der Waals surface area contributed by atoms with Crippen LogP contribution >= 0.6 is 0 Å². The van der Waals surface area contributed by atoms with Crippen molar-refractivity contribution in [3.63, 3.8) is 0 Å². The van der Waals surface area contributed by atoms with Crippen molar-refractivity contribution in [1.82, 2.24) is 4.98 Å². The van der Waals surface area contributed by atoms with Crippen LogP contribution in [0.4, 0.5) is 0 Å². The molecule has 0 bridgehead atoms. The normalized spacial score (nSPS) is 12.9. The Balaban J connectivity index is 3.04. The van der Waals surface area contributed by atoms with Gasteiger partial charge in [-0.3, -0.25) is 4.98 Å². The van der Waals surface area contributed by atoms with Crippen LogP contribution in [0.25, 0.3) is 0 Å². The summed E-state index contributed by atoms with van der Waals surface area (Å²) in [5, 5.41) is 9.47. The number of hydrogen-bond donors (Lipinski definition) is 1. The fourth-order valence-electron chi connectivity index (χ4n) is 1.13. The Labute approximate surface area is 73.3 Å². The molecule has 0 saturated carbocycles. The molecule has 1 aromatic rings. The van der Waals surface area contributed by atoms with E-state index in [4.69, 9.17) is 0 Å². The Kier molecular flexibility index (Phi) is 2.69. The summed E-state index contributed by atoms with van der Waals surface area (Å²) >= 11 is 0. The summed E-state index contributed by atoms with van der Waals surface area (Å²) in [7, 11) is 0. The molecule has 1 N–H and O–H groups in total. The van der Waals surface area contributed by atoms with Gasteiger partial charge in [0, 0.05) is 11.6 Å². The fraction of sp³-hybridized carbons (Fsp3) is 0.500. The Bertz CT molecular complexity index is 271. The van der Waals surface area contributed by atoms with Gasteiger partial charge in [-0.25, -0.2) is 0 Å². The van der Waals surface area contributed by atoms with Crippen LogP contribution in [-0.4, -0.2) is 10.1 Å². The molecule has 12 heavy (non-hydrogen) atoms. The van der Waals surface area contributed by atoms with Gasteiger partial charge in [0.1, 0.15) is 5.75 Å². The topological polar surface area (TPSA) is 33.1 Å². The molecular weight excluding hydrogens is 150 g/mol. The summed E-state index contributed by atoms with van der Waals surface area (Å²) < 4.78 is 0. The smallest absolute Gasteiger partial charge is 0.137 e. The van der Waals surface area contributed by atoms with Crippen LogP contribution in [0.15, 0.2) is 12.1 Å². The molecular formula is C10H15NO. The molecule has 0 aliphatic carbocycles. The van der Waals surface area contributed by atoms with Gasteiger partial charge < -0.3 is 5.11 Å². The summed E-state index contributed by atoms with van der Waals surface area (Å²) in [6.45, 7) is 6.10. The van der Waals surface area contributed by atoms with Crippen LogP contribution in [0.5, 0.6) is 5.75 Å². The monoisotopic (exact) mass is 165 g/mol. The number of hydrogen-bond acceptors (Lipinski definition) is 2. The summed E-state index contributed by atoms with van der Waals surface area (Å²) in [6.07, 6.45) is 1.00. The van der Waals surface area contributed by atoms with Crippen molar-refractivity contribution in [2.24, 2.45) is 0 Å². The van der Waals surface area contributed by atoms with E-state index >= 15 is 0 Å². The molecule has 66 valence electrons. The van der Waals surface area contributed by atoms with E-state index in [1.807, 2.05) is 13.0 Å². The Morgan fingerprint density at radius 3 is 2.75 bits per heavy atom. The number of aromatic nitrogens is 1. The average molecular weight is 165 g/mol. The van der Waals surface area contributed by atoms with E-state index in [0.717, 1.165) is 17.8 Å². The molecule has 0 aliphatic rings. The molecule has 0 aromatic carbocycles. The van der Waals surface area contributed by atoms with Crippen LogP contribution in [0, 0.1) is 6.92 Å². The largest absolute Gasteiger partial charge is 0.506 e. The Hall–Kier alpha value is -1.05. The van der Waals surface area contributed by atoms with Crippen LogP contribution in [0.1, 0.15) is 37.6 Å². The minimum absolute atomic E-state index is 0.315. The first-order valence-electron chi connectivity index (χ1n) is 4.31. The van der Waals surface area contributed by atoms with Gasteiger partial charge in [-0.15, -0.1) is 0 Å². The summed E-state index contributed by atoms with van der Waals surface area (Å²) in [5.41, 5.74) is 1.78. The molecule has 0 radical (unpaired) electrons. The van der Waals surface area contributed by atoms with Crippen molar-refractivity contribution in [2.45, 2.75) is 33.1 Å². The Morgan fingerprint density at radius 1 is 1.50 bits per heavy atom. The molecule has 0 aliphatic heterocycles. The number of aromatic hydroxyl groups is 1. The predicted octanol–water partition coefficient (Wildman–Crippen LogP) is 2.61. The van der Waals surface area contributed by atoms with Crippen LogP contribution in [0.2, 0.25) is 0 Å². The fourth-order valence-corrected chi connectivity index (χ4v) is 1.13. The van der Waals surface area contributed by atoms with E-state index in [0.29, 0.717) is 11.7 Å². The second kappa shape index (κ2) is 3.57. The first kappa shape index (κ1) is 9.04. The highest BCUT2D eigenvalue weighted by molar-refractivity contribution is 5.29. The number of aryl methyl sites for hydroxylation is 1. The number of rotatable bonds is 2. The van der Waals surface area contributed by atoms with E-state index in [-0.39, 0.29) is 0 Å². The molecule has 0 spiro atoms. The highest BCUT2D eigenvalue weighted by Gasteiger charge is 2.09. The molecule has 1 unspecified atom stereocenters. The highest BCUT2D eigenvalue weighted by Crippen LogP contribution is 2.25. The average Bonchev–Trinajstić information content (AvgIpc) is 2.08. The van der Waals surface area contributed by atoms with Crippen molar-refractivity contribution in [2.75, 3.05) is 0 Å². The summed E-state index contributed by atoms with van der Waals surface area (Å²) in [6, 6.07) is 3.53. The lowest BCUT2D eigenvalue weighted by Crippen LogP contribution is -1.97. The first-order chi connectivity index (χ1) is 5.65. The predicted molar refractivity (Wildman–Crippen MR) is 49.3 cm³/mol. The third kappa shape index (κ3) is 1.76. The quantitative estimate of drug-likeness (QED) is 0.730. The van der Waals surface area contributed by atoms with Gasteiger partial charge in [-0.1, -0.05) is 13.8 Å². The minimum Gasteiger partial charge on any atom is -0.506 e. The van der Waals surface area contributed by atoms with Gasteiger partial charge in [0.15, 0.2) is 0 Å². The van der Waals surface area contributed by atoms with Crippen molar-refractivity contribution in [3.05, 3.63) is 23.5 Å². The van der Waals surface area contributed by atoms with Gasteiger partial charge in [-0.2, -0.15) is 0 Å². The third-order valence-electron chi connectivity index (χ3n) is 2.12. The van der Waals surface area contributed by atoms with Crippen molar-refractivity contribution in [3.8, 4) is 5.75 Å². The first-order valence-corrected chi connectivity index (χ1v) is 4.31. The lowest BCUT2D eigenvalue weighted by atomic mass is 10.0. The van der Waals surface area contributed by atoms with E-state index in [1.54, 1.807) is 6.07 Å². The van der Waals surface area contributed by atoms with Crippen molar-refractivity contribution >= 4 is 0 Å². The second-order valence-corrected chi connectivity index (χ2v) is 3.17. The van der Waals surface area contributed by atoms with E-state index in [1.165, 1.54) is 0 Å². The Morgan fingerprint density at radius 2 is 2.17 bits per heavy atom. The van der Waals surface area contributed by atoms with Crippen LogP contribution in [0.3, 0.4) is 0 Å². The van der Waals surface area contributed by atoms with E-state index < -0.39 is 0 Å². The maximum absolute atomic E-state index is 9.47. The van der Waals surface area contributed by atoms with Crippen molar-refractivity contribution in [1.29, 1.82) is 0 Å². The zero-order valence-electron chi connectivity index (χ0n) is 7.83. The minimum atomic E-state index is 0.315. The second-order valence-electron chi connectivity index (χ2n) is 3.17. The number of nitrogens with zero attached hydrogens (tertiary/aromatic N) is 1. The SMILES string of the molecule is CCC(C)c1nc(C)ccc1O. The molecule has 0 fully saturated rings.